The Hall–Kier alpha value is -1.89. The van der Waals surface area contributed by atoms with Crippen molar-refractivity contribution < 1.29 is 9.53 Å². The largest absolute Gasteiger partial charge is 0.492 e. The number of likely N-dealkylation sites (tertiary alicyclic amines) is 1. The lowest BCUT2D eigenvalue weighted by atomic mass is 10.1. The van der Waals surface area contributed by atoms with Gasteiger partial charge in [0.15, 0.2) is 0 Å². The molecule has 2 saturated heterocycles. The SMILES string of the molecule is O=C1CCC(N2CCN(Cc3cccs3)CC2)CCN1CCOc1ccccc1. The smallest absolute Gasteiger partial charge is 0.222 e. The fourth-order valence-electron chi connectivity index (χ4n) is 4.32. The highest BCUT2D eigenvalue weighted by atomic mass is 32.1. The van der Waals surface area contributed by atoms with Crippen molar-refractivity contribution in [1.29, 1.82) is 0 Å². The second kappa shape index (κ2) is 10.2. The van der Waals surface area contributed by atoms with Crippen LogP contribution in [0.3, 0.4) is 0 Å². The Bertz CT molecular complexity index is 745. The van der Waals surface area contributed by atoms with Crippen LogP contribution >= 0.6 is 11.3 Å². The number of amides is 1. The predicted octanol–water partition coefficient (Wildman–Crippen LogP) is 3.33. The van der Waals surface area contributed by atoms with Gasteiger partial charge in [0.2, 0.25) is 5.91 Å². The van der Waals surface area contributed by atoms with E-state index in [9.17, 15) is 4.79 Å². The number of benzene rings is 1. The Morgan fingerprint density at radius 1 is 0.966 bits per heavy atom. The average molecular weight is 414 g/mol. The van der Waals surface area contributed by atoms with Crippen LogP contribution in [-0.2, 0) is 11.3 Å². The molecule has 1 unspecified atom stereocenters. The highest BCUT2D eigenvalue weighted by Crippen LogP contribution is 2.21. The van der Waals surface area contributed by atoms with Crippen molar-refractivity contribution in [2.75, 3.05) is 45.9 Å². The Morgan fingerprint density at radius 3 is 2.55 bits per heavy atom. The van der Waals surface area contributed by atoms with E-state index in [0.717, 1.165) is 57.9 Å². The van der Waals surface area contributed by atoms with Crippen molar-refractivity contribution in [2.45, 2.75) is 31.8 Å². The van der Waals surface area contributed by atoms with Gasteiger partial charge in [0.25, 0.3) is 0 Å². The monoisotopic (exact) mass is 413 g/mol. The summed E-state index contributed by atoms with van der Waals surface area (Å²) in [4.78, 5) is 21.2. The first-order valence-electron chi connectivity index (χ1n) is 10.7. The molecular formula is C23H31N3O2S. The summed E-state index contributed by atoms with van der Waals surface area (Å²) in [5, 5.41) is 2.16. The van der Waals surface area contributed by atoms with E-state index in [1.165, 1.54) is 4.88 Å². The molecule has 1 aromatic heterocycles. The molecule has 6 heteroatoms. The minimum atomic E-state index is 0.278. The predicted molar refractivity (Wildman–Crippen MR) is 117 cm³/mol. The van der Waals surface area contributed by atoms with Gasteiger partial charge >= 0.3 is 0 Å². The average Bonchev–Trinajstić information content (AvgIpc) is 3.19. The molecule has 29 heavy (non-hydrogen) atoms. The highest BCUT2D eigenvalue weighted by molar-refractivity contribution is 7.09. The second-order valence-electron chi connectivity index (χ2n) is 7.91. The molecule has 0 bridgehead atoms. The van der Waals surface area contributed by atoms with Gasteiger partial charge in [-0.05, 0) is 36.4 Å². The zero-order valence-electron chi connectivity index (χ0n) is 17.0. The van der Waals surface area contributed by atoms with E-state index in [1.54, 1.807) is 0 Å². The van der Waals surface area contributed by atoms with Gasteiger partial charge in [-0.25, -0.2) is 0 Å². The van der Waals surface area contributed by atoms with Crippen LogP contribution in [-0.4, -0.2) is 72.5 Å². The van der Waals surface area contributed by atoms with Crippen LogP contribution in [0.2, 0.25) is 0 Å². The molecule has 4 rings (SSSR count). The molecule has 2 fully saturated rings. The maximum atomic E-state index is 12.6. The highest BCUT2D eigenvalue weighted by Gasteiger charge is 2.28. The number of hydrogen-bond donors (Lipinski definition) is 0. The molecule has 3 heterocycles. The number of carbonyl (C=O) groups excluding carboxylic acids is 1. The van der Waals surface area contributed by atoms with E-state index < -0.39 is 0 Å². The van der Waals surface area contributed by atoms with Crippen LogP contribution in [0.4, 0.5) is 0 Å². The zero-order valence-corrected chi connectivity index (χ0v) is 17.9. The minimum Gasteiger partial charge on any atom is -0.492 e. The molecule has 1 atom stereocenters. The maximum absolute atomic E-state index is 12.6. The second-order valence-corrected chi connectivity index (χ2v) is 8.95. The van der Waals surface area contributed by atoms with Crippen molar-refractivity contribution in [3.63, 3.8) is 0 Å². The lowest BCUT2D eigenvalue weighted by Crippen LogP contribution is -2.50. The molecule has 0 radical (unpaired) electrons. The third-order valence-electron chi connectivity index (χ3n) is 6.03. The number of ether oxygens (including phenoxy) is 1. The van der Waals surface area contributed by atoms with Gasteiger partial charge in [0.05, 0.1) is 6.54 Å². The summed E-state index contributed by atoms with van der Waals surface area (Å²) in [6, 6.07) is 14.7. The lowest BCUT2D eigenvalue weighted by molar-refractivity contribution is -0.131. The van der Waals surface area contributed by atoms with Gasteiger partial charge < -0.3 is 9.64 Å². The van der Waals surface area contributed by atoms with Crippen molar-refractivity contribution in [3.8, 4) is 5.75 Å². The van der Waals surface area contributed by atoms with Crippen LogP contribution < -0.4 is 4.74 Å². The first-order chi connectivity index (χ1) is 14.3. The van der Waals surface area contributed by atoms with Gasteiger partial charge in [0.1, 0.15) is 12.4 Å². The minimum absolute atomic E-state index is 0.278. The number of nitrogens with zero attached hydrogens (tertiary/aromatic N) is 3. The topological polar surface area (TPSA) is 36.0 Å². The van der Waals surface area contributed by atoms with E-state index in [0.29, 0.717) is 25.6 Å². The molecule has 2 aromatic rings. The molecule has 2 aliphatic rings. The van der Waals surface area contributed by atoms with E-state index >= 15 is 0 Å². The third kappa shape index (κ3) is 5.81. The molecule has 0 spiro atoms. The molecule has 1 aromatic carbocycles. The first-order valence-corrected chi connectivity index (χ1v) is 11.6. The van der Waals surface area contributed by atoms with Crippen molar-refractivity contribution in [1.82, 2.24) is 14.7 Å². The number of thiophene rings is 1. The summed E-state index contributed by atoms with van der Waals surface area (Å²) in [5.74, 6) is 1.15. The van der Waals surface area contributed by atoms with Crippen molar-refractivity contribution in [3.05, 3.63) is 52.7 Å². The van der Waals surface area contributed by atoms with E-state index in [-0.39, 0.29) is 5.91 Å². The summed E-state index contributed by atoms with van der Waals surface area (Å²) in [6.07, 6.45) is 2.72. The molecule has 0 N–H and O–H groups in total. The summed E-state index contributed by atoms with van der Waals surface area (Å²) in [5.41, 5.74) is 0. The summed E-state index contributed by atoms with van der Waals surface area (Å²) >= 11 is 1.85. The molecular weight excluding hydrogens is 382 g/mol. The zero-order chi connectivity index (χ0) is 19.9. The maximum Gasteiger partial charge on any atom is 0.222 e. The van der Waals surface area contributed by atoms with E-state index in [1.807, 2.05) is 46.6 Å². The summed E-state index contributed by atoms with van der Waals surface area (Å²) < 4.78 is 5.79. The molecule has 2 aliphatic heterocycles. The summed E-state index contributed by atoms with van der Waals surface area (Å²) in [6.45, 7) is 7.62. The third-order valence-corrected chi connectivity index (χ3v) is 6.89. The van der Waals surface area contributed by atoms with Gasteiger partial charge in [-0.2, -0.15) is 0 Å². The number of hydrogen-bond acceptors (Lipinski definition) is 5. The fraction of sp³-hybridized carbons (Fsp3) is 0.522. The number of piperazine rings is 1. The van der Waals surface area contributed by atoms with Crippen LogP contribution in [0.25, 0.3) is 0 Å². The Kier molecular flexibility index (Phi) is 7.19. The molecule has 0 saturated carbocycles. The summed E-state index contributed by atoms with van der Waals surface area (Å²) in [7, 11) is 0. The van der Waals surface area contributed by atoms with Crippen LogP contribution in [0.15, 0.2) is 47.8 Å². The fourth-order valence-corrected chi connectivity index (χ4v) is 5.07. The van der Waals surface area contributed by atoms with Crippen LogP contribution in [0.5, 0.6) is 5.75 Å². The molecule has 1 amide bonds. The standard InChI is InChI=1S/C23H31N3O2S/c27-23-9-8-20(10-11-26(23)16-17-28-21-5-2-1-3-6-21)25-14-12-24(13-15-25)19-22-7-4-18-29-22/h1-7,18,20H,8-17,19H2. The van der Waals surface area contributed by atoms with Crippen molar-refractivity contribution >= 4 is 17.2 Å². The molecule has 156 valence electrons. The Balaban J connectivity index is 1.20. The van der Waals surface area contributed by atoms with Gasteiger partial charge in [-0.1, -0.05) is 24.3 Å². The van der Waals surface area contributed by atoms with E-state index in [4.69, 9.17) is 4.74 Å². The Morgan fingerprint density at radius 2 is 1.79 bits per heavy atom. The Labute approximate surface area is 177 Å². The number of rotatable bonds is 7. The van der Waals surface area contributed by atoms with Crippen molar-refractivity contribution in [2.24, 2.45) is 0 Å². The molecule has 0 aliphatic carbocycles. The van der Waals surface area contributed by atoms with Gasteiger partial charge in [-0.15, -0.1) is 11.3 Å². The van der Waals surface area contributed by atoms with E-state index in [2.05, 4.69) is 27.3 Å². The number of carbonyl (C=O) groups is 1. The normalized spacial score (nSPS) is 21.9. The van der Waals surface area contributed by atoms with Crippen LogP contribution in [0, 0.1) is 0 Å². The van der Waals surface area contributed by atoms with Crippen LogP contribution in [0.1, 0.15) is 24.1 Å². The van der Waals surface area contributed by atoms with Gasteiger partial charge in [-0.3, -0.25) is 14.6 Å². The molecule has 5 nitrogen and oxygen atoms in total. The quantitative estimate of drug-likeness (QED) is 0.698. The van der Waals surface area contributed by atoms with Gasteiger partial charge in [0, 0.05) is 56.6 Å². The number of para-hydroxylation sites is 1. The lowest BCUT2D eigenvalue weighted by Gasteiger charge is -2.39. The first kappa shape index (κ1) is 20.4.